The highest BCUT2D eigenvalue weighted by Crippen LogP contribution is 2.18. The SMILES string of the molecule is CCOC(=O)N1CCCC(NC(=O)c2ccccc2OC)CC1. The lowest BCUT2D eigenvalue weighted by Crippen LogP contribution is -2.37. The fourth-order valence-electron chi connectivity index (χ4n) is 2.73. The molecular weight excluding hydrogens is 296 g/mol. The molecule has 1 aromatic rings. The number of para-hydroxylation sites is 1. The summed E-state index contributed by atoms with van der Waals surface area (Å²) >= 11 is 0. The molecule has 6 heteroatoms. The Morgan fingerprint density at radius 1 is 1.26 bits per heavy atom. The van der Waals surface area contributed by atoms with E-state index in [-0.39, 0.29) is 18.0 Å². The molecule has 2 amide bonds. The van der Waals surface area contributed by atoms with Gasteiger partial charge in [0.1, 0.15) is 5.75 Å². The maximum Gasteiger partial charge on any atom is 0.409 e. The van der Waals surface area contributed by atoms with Gasteiger partial charge in [-0.15, -0.1) is 0 Å². The summed E-state index contributed by atoms with van der Waals surface area (Å²) in [5.41, 5.74) is 0.529. The van der Waals surface area contributed by atoms with E-state index in [0.717, 1.165) is 19.3 Å². The van der Waals surface area contributed by atoms with E-state index in [4.69, 9.17) is 9.47 Å². The minimum Gasteiger partial charge on any atom is -0.496 e. The van der Waals surface area contributed by atoms with Crippen LogP contribution in [0.5, 0.6) is 5.75 Å². The second kappa shape index (κ2) is 8.41. The third kappa shape index (κ3) is 4.61. The van der Waals surface area contributed by atoms with Crippen LogP contribution in [0.25, 0.3) is 0 Å². The summed E-state index contributed by atoms with van der Waals surface area (Å²) in [5.74, 6) is 0.420. The number of ether oxygens (including phenoxy) is 2. The zero-order valence-electron chi connectivity index (χ0n) is 13.7. The van der Waals surface area contributed by atoms with Crippen molar-refractivity contribution in [3.63, 3.8) is 0 Å². The topological polar surface area (TPSA) is 67.9 Å². The molecule has 0 bridgehead atoms. The molecule has 0 radical (unpaired) electrons. The van der Waals surface area contributed by atoms with Gasteiger partial charge in [-0.25, -0.2) is 4.79 Å². The Bertz CT molecular complexity index is 547. The molecule has 0 aromatic heterocycles. The maximum atomic E-state index is 12.4. The monoisotopic (exact) mass is 320 g/mol. The molecule has 126 valence electrons. The number of nitrogens with zero attached hydrogens (tertiary/aromatic N) is 1. The van der Waals surface area contributed by atoms with E-state index in [2.05, 4.69) is 5.32 Å². The number of carbonyl (C=O) groups excluding carboxylic acids is 2. The highest BCUT2D eigenvalue weighted by Gasteiger charge is 2.23. The van der Waals surface area contributed by atoms with E-state index in [1.165, 1.54) is 0 Å². The Kier molecular flexibility index (Phi) is 6.26. The van der Waals surface area contributed by atoms with Gasteiger partial charge in [-0.1, -0.05) is 12.1 Å². The van der Waals surface area contributed by atoms with E-state index >= 15 is 0 Å². The first-order valence-corrected chi connectivity index (χ1v) is 8.01. The van der Waals surface area contributed by atoms with Crippen LogP contribution in [0.15, 0.2) is 24.3 Å². The minimum atomic E-state index is -0.274. The number of methoxy groups -OCH3 is 1. The Hall–Kier alpha value is -2.24. The normalized spacial score (nSPS) is 18.0. The van der Waals surface area contributed by atoms with E-state index in [9.17, 15) is 9.59 Å². The molecule has 0 saturated carbocycles. The summed E-state index contributed by atoms with van der Waals surface area (Å²) in [6.07, 6.45) is 2.14. The smallest absolute Gasteiger partial charge is 0.409 e. The van der Waals surface area contributed by atoms with Crippen LogP contribution in [-0.4, -0.2) is 49.7 Å². The number of carbonyl (C=O) groups is 2. The zero-order chi connectivity index (χ0) is 16.7. The highest BCUT2D eigenvalue weighted by atomic mass is 16.6. The molecule has 1 saturated heterocycles. The second-order valence-electron chi connectivity index (χ2n) is 5.49. The summed E-state index contributed by atoms with van der Waals surface area (Å²) in [7, 11) is 1.55. The van der Waals surface area contributed by atoms with Crippen LogP contribution in [-0.2, 0) is 4.74 Å². The van der Waals surface area contributed by atoms with Crippen LogP contribution in [0.1, 0.15) is 36.5 Å². The lowest BCUT2D eigenvalue weighted by molar-refractivity contribution is 0.0930. The Morgan fingerprint density at radius 2 is 2.04 bits per heavy atom. The second-order valence-corrected chi connectivity index (χ2v) is 5.49. The molecule has 1 aromatic carbocycles. The Balaban J connectivity index is 1.93. The average molecular weight is 320 g/mol. The molecule has 1 fully saturated rings. The molecule has 23 heavy (non-hydrogen) atoms. The average Bonchev–Trinajstić information content (AvgIpc) is 2.80. The van der Waals surface area contributed by atoms with Crippen molar-refractivity contribution in [1.29, 1.82) is 0 Å². The highest BCUT2D eigenvalue weighted by molar-refractivity contribution is 5.97. The molecule has 1 aliphatic rings. The van der Waals surface area contributed by atoms with E-state index in [1.54, 1.807) is 31.1 Å². The predicted octanol–water partition coefficient (Wildman–Crippen LogP) is 2.44. The summed E-state index contributed by atoms with van der Waals surface area (Å²) in [6, 6.07) is 7.21. The van der Waals surface area contributed by atoms with Gasteiger partial charge in [-0.2, -0.15) is 0 Å². The van der Waals surface area contributed by atoms with Crippen molar-refractivity contribution in [2.24, 2.45) is 0 Å². The summed E-state index contributed by atoms with van der Waals surface area (Å²) in [6.45, 7) is 3.44. The number of hydrogen-bond donors (Lipinski definition) is 1. The third-order valence-electron chi connectivity index (χ3n) is 3.94. The fraction of sp³-hybridized carbons (Fsp3) is 0.529. The fourth-order valence-corrected chi connectivity index (χ4v) is 2.73. The van der Waals surface area contributed by atoms with Gasteiger partial charge < -0.3 is 19.7 Å². The first-order chi connectivity index (χ1) is 11.2. The van der Waals surface area contributed by atoms with Crippen molar-refractivity contribution in [2.75, 3.05) is 26.8 Å². The number of hydrogen-bond acceptors (Lipinski definition) is 4. The van der Waals surface area contributed by atoms with Crippen molar-refractivity contribution in [1.82, 2.24) is 10.2 Å². The van der Waals surface area contributed by atoms with Gasteiger partial charge in [0.05, 0.1) is 19.3 Å². The molecule has 1 unspecified atom stereocenters. The van der Waals surface area contributed by atoms with Gasteiger partial charge >= 0.3 is 6.09 Å². The van der Waals surface area contributed by atoms with Crippen molar-refractivity contribution in [3.8, 4) is 5.75 Å². The van der Waals surface area contributed by atoms with Gasteiger partial charge in [-0.3, -0.25) is 4.79 Å². The van der Waals surface area contributed by atoms with Crippen molar-refractivity contribution >= 4 is 12.0 Å². The van der Waals surface area contributed by atoms with Crippen LogP contribution in [0.4, 0.5) is 4.79 Å². The largest absolute Gasteiger partial charge is 0.496 e. The van der Waals surface area contributed by atoms with Crippen molar-refractivity contribution < 1.29 is 19.1 Å². The molecule has 1 heterocycles. The molecule has 6 nitrogen and oxygen atoms in total. The van der Waals surface area contributed by atoms with Crippen molar-refractivity contribution in [2.45, 2.75) is 32.2 Å². The van der Waals surface area contributed by atoms with Gasteiger partial charge in [0.2, 0.25) is 0 Å². The summed E-state index contributed by atoms with van der Waals surface area (Å²) < 4.78 is 10.3. The molecule has 1 aliphatic heterocycles. The summed E-state index contributed by atoms with van der Waals surface area (Å²) in [5, 5.41) is 3.04. The van der Waals surface area contributed by atoms with Crippen LogP contribution in [0.3, 0.4) is 0 Å². The zero-order valence-corrected chi connectivity index (χ0v) is 13.7. The molecule has 1 atom stereocenters. The molecular formula is C17H24N2O4. The standard InChI is InChI=1S/C17H24N2O4/c1-3-23-17(21)19-11-6-7-13(10-12-19)18-16(20)14-8-4-5-9-15(14)22-2/h4-5,8-9,13H,3,6-7,10-12H2,1-2H3,(H,18,20). The third-order valence-corrected chi connectivity index (χ3v) is 3.94. The minimum absolute atomic E-state index is 0.0480. The van der Waals surface area contributed by atoms with E-state index in [1.807, 2.05) is 12.1 Å². The Morgan fingerprint density at radius 3 is 2.78 bits per heavy atom. The first-order valence-electron chi connectivity index (χ1n) is 8.01. The molecule has 2 rings (SSSR count). The predicted molar refractivity (Wildman–Crippen MR) is 86.7 cm³/mol. The van der Waals surface area contributed by atoms with Gasteiger partial charge in [0.15, 0.2) is 0 Å². The number of rotatable bonds is 4. The van der Waals surface area contributed by atoms with E-state index in [0.29, 0.717) is 31.0 Å². The number of likely N-dealkylation sites (tertiary alicyclic amines) is 1. The van der Waals surface area contributed by atoms with Gasteiger partial charge in [0.25, 0.3) is 5.91 Å². The quantitative estimate of drug-likeness (QED) is 0.925. The van der Waals surface area contributed by atoms with E-state index < -0.39 is 0 Å². The van der Waals surface area contributed by atoms with Crippen LogP contribution in [0, 0.1) is 0 Å². The summed E-state index contributed by atoms with van der Waals surface area (Å²) in [4.78, 5) is 25.9. The number of nitrogens with one attached hydrogen (secondary N) is 1. The number of amides is 2. The molecule has 0 spiro atoms. The van der Waals surface area contributed by atoms with Crippen LogP contribution < -0.4 is 10.1 Å². The van der Waals surface area contributed by atoms with Crippen LogP contribution >= 0.6 is 0 Å². The Labute approximate surface area is 136 Å². The van der Waals surface area contributed by atoms with Crippen LogP contribution in [0.2, 0.25) is 0 Å². The lowest BCUT2D eigenvalue weighted by atomic mass is 10.1. The number of benzene rings is 1. The maximum absolute atomic E-state index is 12.4. The van der Waals surface area contributed by atoms with Crippen molar-refractivity contribution in [3.05, 3.63) is 29.8 Å². The lowest BCUT2D eigenvalue weighted by Gasteiger charge is -2.20. The van der Waals surface area contributed by atoms with Gasteiger partial charge in [0, 0.05) is 19.1 Å². The molecule has 1 N–H and O–H groups in total. The van der Waals surface area contributed by atoms with Gasteiger partial charge in [-0.05, 0) is 38.3 Å². The molecule has 0 aliphatic carbocycles. The first kappa shape index (κ1) is 17.1.